The number of ether oxygens (including phenoxy) is 2. The third-order valence-corrected chi connectivity index (χ3v) is 7.67. The van der Waals surface area contributed by atoms with Gasteiger partial charge in [0.2, 0.25) is 5.91 Å². The predicted molar refractivity (Wildman–Crippen MR) is 158 cm³/mol. The van der Waals surface area contributed by atoms with Gasteiger partial charge in [0.15, 0.2) is 0 Å². The fourth-order valence-electron chi connectivity index (χ4n) is 4.88. The quantitative estimate of drug-likeness (QED) is 0.222. The van der Waals surface area contributed by atoms with Crippen molar-refractivity contribution >= 4 is 35.5 Å². The maximum Gasteiger partial charge on any atom is 0.573 e. The van der Waals surface area contributed by atoms with Crippen LogP contribution < -0.4 is 15.4 Å². The minimum Gasteiger partial charge on any atom is -0.453 e. The summed E-state index contributed by atoms with van der Waals surface area (Å²) in [6, 6.07) is 10.3. The van der Waals surface area contributed by atoms with Gasteiger partial charge in [-0.2, -0.15) is 0 Å². The monoisotopic (exact) mass is 621 g/mol. The van der Waals surface area contributed by atoms with Gasteiger partial charge in [0.05, 0.1) is 13.2 Å². The summed E-state index contributed by atoms with van der Waals surface area (Å²) in [6.07, 6.45) is -3.76. The smallest absolute Gasteiger partial charge is 0.453 e. The first-order valence-electron chi connectivity index (χ1n) is 13.7. The molecule has 2 N–H and O–H groups in total. The summed E-state index contributed by atoms with van der Waals surface area (Å²) in [5.41, 5.74) is 3.87. The van der Waals surface area contributed by atoms with Crippen molar-refractivity contribution in [1.29, 1.82) is 0 Å². The van der Waals surface area contributed by atoms with Gasteiger partial charge in [0, 0.05) is 23.4 Å². The number of alkyl halides is 3. The average Bonchev–Trinajstić information content (AvgIpc) is 3.37. The molecule has 2 aromatic rings. The van der Waals surface area contributed by atoms with Crippen LogP contribution in [0.2, 0.25) is 0 Å². The van der Waals surface area contributed by atoms with E-state index in [1.54, 1.807) is 36.1 Å². The van der Waals surface area contributed by atoms with Crippen molar-refractivity contribution in [3.05, 3.63) is 70.0 Å². The van der Waals surface area contributed by atoms with Crippen molar-refractivity contribution in [3.63, 3.8) is 0 Å². The van der Waals surface area contributed by atoms with Gasteiger partial charge in [0.1, 0.15) is 23.7 Å². The minimum atomic E-state index is -4.92. The second-order valence-corrected chi connectivity index (χ2v) is 10.7. The first-order valence-corrected chi connectivity index (χ1v) is 14.1. The second kappa shape index (κ2) is 14.5. The van der Waals surface area contributed by atoms with Crippen LogP contribution >= 0.6 is 11.6 Å². The topological polar surface area (TPSA) is 97.0 Å². The van der Waals surface area contributed by atoms with Gasteiger partial charge >= 0.3 is 12.5 Å². The van der Waals surface area contributed by atoms with Crippen molar-refractivity contribution in [3.8, 4) is 16.9 Å². The van der Waals surface area contributed by atoms with Gasteiger partial charge < -0.3 is 25.0 Å². The summed E-state index contributed by atoms with van der Waals surface area (Å²) >= 11 is 6.79. The lowest BCUT2D eigenvalue weighted by molar-refractivity contribution is -0.274. The zero-order valence-electron chi connectivity index (χ0n) is 24.6. The summed E-state index contributed by atoms with van der Waals surface area (Å²) in [5.74, 6) is -0.504. The molecule has 0 radical (unpaired) electrons. The third-order valence-electron chi connectivity index (χ3n) is 7.29. The van der Waals surface area contributed by atoms with Gasteiger partial charge in [-0.05, 0) is 61.4 Å². The van der Waals surface area contributed by atoms with Gasteiger partial charge in [-0.15, -0.1) is 13.2 Å². The molecule has 0 spiro atoms. The fourth-order valence-corrected chi connectivity index (χ4v) is 5.09. The Balaban J connectivity index is 1.88. The van der Waals surface area contributed by atoms with Crippen molar-refractivity contribution < 1.29 is 37.0 Å². The van der Waals surface area contributed by atoms with Gasteiger partial charge in [-0.25, -0.2) is 4.79 Å². The molecule has 0 aromatic heterocycles. The maximum atomic E-state index is 13.0. The Morgan fingerprint density at radius 3 is 2.40 bits per heavy atom. The van der Waals surface area contributed by atoms with E-state index in [0.29, 0.717) is 47.5 Å². The number of benzene rings is 2. The second-order valence-electron chi connectivity index (χ2n) is 10.4. The molecule has 43 heavy (non-hydrogen) atoms. The van der Waals surface area contributed by atoms with Crippen LogP contribution in [0.15, 0.2) is 58.9 Å². The summed E-state index contributed by atoms with van der Waals surface area (Å²) in [6.45, 7) is 8.14. The molecule has 0 aliphatic carbocycles. The van der Waals surface area contributed by atoms with Crippen LogP contribution in [0, 0.1) is 5.92 Å². The van der Waals surface area contributed by atoms with Crippen LogP contribution in [-0.2, 0) is 9.53 Å². The van der Waals surface area contributed by atoms with Crippen LogP contribution in [0.5, 0.6) is 5.75 Å². The molecule has 1 aliphatic rings. The van der Waals surface area contributed by atoms with E-state index in [-0.39, 0.29) is 35.5 Å². The number of amides is 2. The van der Waals surface area contributed by atoms with Crippen molar-refractivity contribution in [1.82, 2.24) is 15.5 Å². The normalized spacial score (nSPS) is 17.9. The number of alkyl carbamates (subject to hydrolysis) is 1. The van der Waals surface area contributed by atoms with E-state index in [0.717, 1.165) is 17.3 Å². The standard InChI is InChI=1S/C31H35ClF3N3O5/c1-6-19(3)28(25-13-18(2)16-38(25)27(40)15-36-30(41)42-5)37-29(32)20(4)22-8-10-23(11-9-22)24-12-7-21(17-39)14-26(24)43-31(33,34)35/h7-12,14,17-18,25,37H,6,13,15-16H2,1-5H3,(H,36,41)/b28-19+,29-20+. The van der Waals surface area contributed by atoms with E-state index >= 15 is 0 Å². The Labute approximate surface area is 253 Å². The number of rotatable bonds is 10. The minimum absolute atomic E-state index is 0.0548. The number of likely N-dealkylation sites (tertiary alicyclic amines) is 1. The number of aldehydes is 1. The molecule has 12 heteroatoms. The molecule has 1 fully saturated rings. The molecule has 1 heterocycles. The highest BCUT2D eigenvalue weighted by Gasteiger charge is 2.36. The Hall–Kier alpha value is -3.99. The summed E-state index contributed by atoms with van der Waals surface area (Å²) in [5, 5.41) is 6.09. The van der Waals surface area contributed by atoms with Crippen LogP contribution in [0.25, 0.3) is 16.7 Å². The number of methoxy groups -OCH3 is 1. The van der Waals surface area contributed by atoms with Crippen LogP contribution in [0.4, 0.5) is 18.0 Å². The van der Waals surface area contributed by atoms with E-state index in [4.69, 9.17) is 11.6 Å². The van der Waals surface area contributed by atoms with Gasteiger partial charge in [-0.1, -0.05) is 61.4 Å². The molecular weight excluding hydrogens is 587 g/mol. The van der Waals surface area contributed by atoms with E-state index in [1.807, 2.05) is 13.8 Å². The highest BCUT2D eigenvalue weighted by molar-refractivity contribution is 6.32. The van der Waals surface area contributed by atoms with Crippen molar-refractivity contribution in [2.45, 2.75) is 52.9 Å². The highest BCUT2D eigenvalue weighted by Crippen LogP contribution is 2.36. The molecule has 232 valence electrons. The molecule has 2 aromatic carbocycles. The SMILES string of the molecule is CC/C(C)=C(/N/C(Cl)=C(\C)c1ccc(-c2ccc(C=O)cc2OC(F)(F)F)cc1)C1CC(C)CN1C(=O)CNC(=O)OC. The molecular formula is C31H35ClF3N3O5. The van der Waals surface area contributed by atoms with Crippen molar-refractivity contribution in [2.75, 3.05) is 20.2 Å². The summed E-state index contributed by atoms with van der Waals surface area (Å²) < 4.78 is 47.8. The van der Waals surface area contributed by atoms with Gasteiger partial charge in [-0.3, -0.25) is 9.59 Å². The third kappa shape index (κ3) is 8.76. The molecule has 2 unspecified atom stereocenters. The Morgan fingerprint density at radius 2 is 1.81 bits per heavy atom. The number of nitrogens with zero attached hydrogens (tertiary/aromatic N) is 1. The van der Waals surface area contributed by atoms with Crippen LogP contribution in [0.3, 0.4) is 0 Å². The summed E-state index contributed by atoms with van der Waals surface area (Å²) in [4.78, 5) is 37.4. The lowest BCUT2D eigenvalue weighted by Crippen LogP contribution is -2.45. The van der Waals surface area contributed by atoms with Gasteiger partial charge in [0.25, 0.3) is 0 Å². The Kier molecular flexibility index (Phi) is 11.3. The first-order chi connectivity index (χ1) is 20.3. The number of carbonyl (C=O) groups is 3. The molecule has 2 amide bonds. The lowest BCUT2D eigenvalue weighted by Gasteiger charge is -2.29. The number of carbonyl (C=O) groups excluding carboxylic acids is 3. The average molecular weight is 622 g/mol. The number of hydrogen-bond acceptors (Lipinski definition) is 6. The Morgan fingerprint density at radius 1 is 1.14 bits per heavy atom. The summed E-state index contributed by atoms with van der Waals surface area (Å²) in [7, 11) is 1.23. The maximum absolute atomic E-state index is 13.0. The largest absolute Gasteiger partial charge is 0.573 e. The van der Waals surface area contributed by atoms with E-state index in [2.05, 4.69) is 27.0 Å². The molecule has 1 aliphatic heterocycles. The molecule has 0 saturated carbocycles. The number of hydrogen-bond donors (Lipinski definition) is 2. The molecule has 1 saturated heterocycles. The van der Waals surface area contributed by atoms with Crippen LogP contribution in [0.1, 0.15) is 56.5 Å². The number of halogens is 4. The highest BCUT2D eigenvalue weighted by atomic mass is 35.5. The van der Waals surface area contributed by atoms with E-state index in [1.165, 1.54) is 19.2 Å². The lowest BCUT2D eigenvalue weighted by atomic mass is 9.99. The zero-order valence-corrected chi connectivity index (χ0v) is 25.4. The fraction of sp³-hybridized carbons (Fsp3) is 0.387. The Bertz CT molecular complexity index is 1410. The number of allylic oxidation sites excluding steroid dienone is 2. The number of nitrogens with one attached hydrogen (secondary N) is 2. The van der Waals surface area contributed by atoms with E-state index < -0.39 is 18.2 Å². The molecule has 8 nitrogen and oxygen atoms in total. The van der Waals surface area contributed by atoms with E-state index in [9.17, 15) is 27.6 Å². The molecule has 2 atom stereocenters. The van der Waals surface area contributed by atoms with Crippen molar-refractivity contribution in [2.24, 2.45) is 5.92 Å². The predicted octanol–water partition coefficient (Wildman–Crippen LogP) is 6.86. The first kappa shape index (κ1) is 33.5. The zero-order chi connectivity index (χ0) is 31.9. The molecule has 0 bridgehead atoms. The molecule has 3 rings (SSSR count). The van der Waals surface area contributed by atoms with Crippen LogP contribution in [-0.4, -0.2) is 55.8 Å².